The highest BCUT2D eigenvalue weighted by molar-refractivity contribution is 5.35. The van der Waals surface area contributed by atoms with Crippen molar-refractivity contribution in [3.63, 3.8) is 0 Å². The molecule has 0 aromatic heterocycles. The summed E-state index contributed by atoms with van der Waals surface area (Å²) < 4.78 is 0. The number of benzene rings is 1. The molecular formula is C12H16. The standard InChI is InChI=1S/C12H16/c1-9(2)8-12-7-5-6-10(3)11(12)4/h5-7H,1,8H2,2-4H3. The lowest BCUT2D eigenvalue weighted by Gasteiger charge is -2.07. The van der Waals surface area contributed by atoms with E-state index in [2.05, 4.69) is 45.5 Å². The molecule has 0 atom stereocenters. The maximum Gasteiger partial charge on any atom is -0.00699 e. The lowest BCUT2D eigenvalue weighted by Crippen LogP contribution is -1.92. The fraction of sp³-hybridized carbons (Fsp3) is 0.333. The van der Waals surface area contributed by atoms with E-state index in [9.17, 15) is 0 Å². The summed E-state index contributed by atoms with van der Waals surface area (Å²) in [7, 11) is 0. The molecule has 12 heavy (non-hydrogen) atoms. The Kier molecular flexibility index (Phi) is 2.69. The van der Waals surface area contributed by atoms with E-state index in [-0.39, 0.29) is 0 Å². The molecule has 0 saturated carbocycles. The Bertz CT molecular complexity index is 295. The molecule has 0 saturated heterocycles. The van der Waals surface area contributed by atoms with Gasteiger partial charge in [-0.2, -0.15) is 0 Å². The van der Waals surface area contributed by atoms with Crippen LogP contribution in [0.1, 0.15) is 23.6 Å². The third-order valence-corrected chi connectivity index (χ3v) is 2.21. The molecule has 0 unspecified atom stereocenters. The van der Waals surface area contributed by atoms with Crippen LogP contribution in [0.4, 0.5) is 0 Å². The van der Waals surface area contributed by atoms with Crippen LogP contribution in [0.5, 0.6) is 0 Å². The average Bonchev–Trinajstić information content (AvgIpc) is 1.98. The van der Waals surface area contributed by atoms with E-state index in [1.807, 2.05) is 0 Å². The minimum absolute atomic E-state index is 1.01. The maximum absolute atomic E-state index is 3.92. The highest BCUT2D eigenvalue weighted by atomic mass is 14.0. The van der Waals surface area contributed by atoms with E-state index in [4.69, 9.17) is 0 Å². The maximum atomic E-state index is 3.92. The van der Waals surface area contributed by atoms with Crippen LogP contribution in [0.15, 0.2) is 30.4 Å². The summed E-state index contributed by atoms with van der Waals surface area (Å²) in [5.41, 5.74) is 5.40. The lowest BCUT2D eigenvalue weighted by molar-refractivity contribution is 1.11. The van der Waals surface area contributed by atoms with Gasteiger partial charge in [-0.05, 0) is 43.9 Å². The molecule has 0 heteroatoms. The molecule has 0 aliphatic heterocycles. The second-order valence-electron chi connectivity index (χ2n) is 3.49. The molecule has 0 aliphatic carbocycles. The normalized spacial score (nSPS) is 9.92. The molecule has 0 aliphatic rings. The summed E-state index contributed by atoms with van der Waals surface area (Å²) >= 11 is 0. The van der Waals surface area contributed by atoms with Gasteiger partial charge in [0.15, 0.2) is 0 Å². The predicted octanol–water partition coefficient (Wildman–Crippen LogP) is 3.42. The van der Waals surface area contributed by atoms with Gasteiger partial charge < -0.3 is 0 Å². The quantitative estimate of drug-likeness (QED) is 0.581. The Morgan fingerprint density at radius 2 is 2.00 bits per heavy atom. The van der Waals surface area contributed by atoms with Crippen LogP contribution in [0.3, 0.4) is 0 Å². The molecule has 0 fully saturated rings. The van der Waals surface area contributed by atoms with Crippen molar-refractivity contribution in [2.45, 2.75) is 27.2 Å². The summed E-state index contributed by atoms with van der Waals surface area (Å²) in [6, 6.07) is 6.44. The Labute approximate surface area is 74.9 Å². The van der Waals surface area contributed by atoms with E-state index in [1.165, 1.54) is 22.3 Å². The lowest BCUT2D eigenvalue weighted by atomic mass is 9.99. The van der Waals surface area contributed by atoms with Gasteiger partial charge in [-0.3, -0.25) is 0 Å². The van der Waals surface area contributed by atoms with E-state index >= 15 is 0 Å². The molecule has 0 N–H and O–H groups in total. The van der Waals surface area contributed by atoms with Crippen molar-refractivity contribution in [2.75, 3.05) is 0 Å². The van der Waals surface area contributed by atoms with Gasteiger partial charge in [0.2, 0.25) is 0 Å². The monoisotopic (exact) mass is 160 g/mol. The molecule has 64 valence electrons. The summed E-state index contributed by atoms with van der Waals surface area (Å²) in [6.45, 7) is 10.3. The highest BCUT2D eigenvalue weighted by Gasteiger charge is 1.99. The van der Waals surface area contributed by atoms with Gasteiger partial charge in [0.1, 0.15) is 0 Å². The minimum Gasteiger partial charge on any atom is -0.0998 e. The molecule has 0 radical (unpaired) electrons. The average molecular weight is 160 g/mol. The molecule has 1 rings (SSSR count). The van der Waals surface area contributed by atoms with Crippen LogP contribution < -0.4 is 0 Å². The van der Waals surface area contributed by atoms with Crippen molar-refractivity contribution < 1.29 is 0 Å². The van der Waals surface area contributed by atoms with Gasteiger partial charge in [0.05, 0.1) is 0 Å². The number of allylic oxidation sites excluding steroid dienone is 1. The number of rotatable bonds is 2. The van der Waals surface area contributed by atoms with Crippen LogP contribution in [0, 0.1) is 13.8 Å². The molecule has 0 bridgehead atoms. The van der Waals surface area contributed by atoms with Crippen LogP contribution >= 0.6 is 0 Å². The van der Waals surface area contributed by atoms with E-state index < -0.39 is 0 Å². The zero-order chi connectivity index (χ0) is 9.14. The molecule has 0 amide bonds. The van der Waals surface area contributed by atoms with Gasteiger partial charge in [-0.1, -0.05) is 30.4 Å². The number of aryl methyl sites for hydroxylation is 1. The van der Waals surface area contributed by atoms with Gasteiger partial charge in [0.25, 0.3) is 0 Å². The third kappa shape index (κ3) is 1.97. The second-order valence-corrected chi connectivity index (χ2v) is 3.49. The Hall–Kier alpha value is -1.04. The van der Waals surface area contributed by atoms with Crippen LogP contribution in [-0.2, 0) is 6.42 Å². The largest absolute Gasteiger partial charge is 0.0998 e. The summed E-state index contributed by atoms with van der Waals surface area (Å²) in [5, 5.41) is 0. The van der Waals surface area contributed by atoms with Crippen LogP contribution in [0.2, 0.25) is 0 Å². The van der Waals surface area contributed by atoms with Crippen molar-refractivity contribution in [1.29, 1.82) is 0 Å². The Balaban J connectivity index is 3.00. The zero-order valence-electron chi connectivity index (χ0n) is 8.15. The first kappa shape index (κ1) is 9.05. The Morgan fingerprint density at radius 3 is 2.58 bits per heavy atom. The zero-order valence-corrected chi connectivity index (χ0v) is 8.15. The topological polar surface area (TPSA) is 0 Å². The van der Waals surface area contributed by atoms with E-state index in [0.717, 1.165) is 6.42 Å². The van der Waals surface area contributed by atoms with Gasteiger partial charge in [0, 0.05) is 0 Å². The smallest absolute Gasteiger partial charge is 0.00699 e. The fourth-order valence-corrected chi connectivity index (χ4v) is 1.33. The number of hydrogen-bond donors (Lipinski definition) is 0. The second kappa shape index (κ2) is 3.57. The van der Waals surface area contributed by atoms with Crippen LogP contribution in [0.25, 0.3) is 0 Å². The first-order valence-corrected chi connectivity index (χ1v) is 4.30. The summed E-state index contributed by atoms with van der Waals surface area (Å²) in [4.78, 5) is 0. The molecule has 0 heterocycles. The fourth-order valence-electron chi connectivity index (χ4n) is 1.33. The molecule has 1 aromatic rings. The van der Waals surface area contributed by atoms with Crippen molar-refractivity contribution in [1.82, 2.24) is 0 Å². The predicted molar refractivity (Wildman–Crippen MR) is 54.4 cm³/mol. The highest BCUT2D eigenvalue weighted by Crippen LogP contribution is 2.15. The van der Waals surface area contributed by atoms with Gasteiger partial charge in [-0.15, -0.1) is 0 Å². The molecule has 0 nitrogen and oxygen atoms in total. The molecule has 0 spiro atoms. The SMILES string of the molecule is C=C(C)Cc1cccc(C)c1C. The first-order chi connectivity index (χ1) is 5.61. The third-order valence-electron chi connectivity index (χ3n) is 2.21. The summed E-state index contributed by atoms with van der Waals surface area (Å²) in [5.74, 6) is 0. The molecule has 1 aromatic carbocycles. The van der Waals surface area contributed by atoms with Crippen molar-refractivity contribution in [3.05, 3.63) is 47.0 Å². The first-order valence-electron chi connectivity index (χ1n) is 4.30. The van der Waals surface area contributed by atoms with Gasteiger partial charge in [-0.25, -0.2) is 0 Å². The summed E-state index contributed by atoms with van der Waals surface area (Å²) in [6.07, 6.45) is 1.01. The van der Waals surface area contributed by atoms with Crippen molar-refractivity contribution in [3.8, 4) is 0 Å². The minimum atomic E-state index is 1.01. The van der Waals surface area contributed by atoms with Gasteiger partial charge >= 0.3 is 0 Å². The van der Waals surface area contributed by atoms with Crippen molar-refractivity contribution >= 4 is 0 Å². The molecular weight excluding hydrogens is 144 g/mol. The Morgan fingerprint density at radius 1 is 1.33 bits per heavy atom. The van der Waals surface area contributed by atoms with E-state index in [0.29, 0.717) is 0 Å². The van der Waals surface area contributed by atoms with E-state index in [1.54, 1.807) is 0 Å². The van der Waals surface area contributed by atoms with Crippen LogP contribution in [-0.4, -0.2) is 0 Å². The number of hydrogen-bond acceptors (Lipinski definition) is 0. The van der Waals surface area contributed by atoms with Crippen molar-refractivity contribution in [2.24, 2.45) is 0 Å².